The van der Waals surface area contributed by atoms with Gasteiger partial charge in [0.2, 0.25) is 11.9 Å². The Labute approximate surface area is 206 Å². The molecule has 36 heavy (non-hydrogen) atoms. The SMILES string of the molecule is CCn1nc(C)cc1NC(=O)Cn1cnc2c(Nc3ccc(-c4cccc(O)c4)cc3)nc(N)nc21. The van der Waals surface area contributed by atoms with Gasteiger partial charge in [-0.1, -0.05) is 24.3 Å². The van der Waals surface area contributed by atoms with Crippen molar-refractivity contribution in [1.29, 1.82) is 0 Å². The van der Waals surface area contributed by atoms with E-state index in [1.54, 1.807) is 27.4 Å². The summed E-state index contributed by atoms with van der Waals surface area (Å²) < 4.78 is 3.35. The van der Waals surface area contributed by atoms with E-state index in [1.807, 2.05) is 50.2 Å². The molecule has 0 spiro atoms. The van der Waals surface area contributed by atoms with Crippen LogP contribution in [0.1, 0.15) is 12.6 Å². The Balaban J connectivity index is 1.36. The Kier molecular flexibility index (Phi) is 5.95. The van der Waals surface area contributed by atoms with E-state index in [4.69, 9.17) is 5.73 Å². The minimum absolute atomic E-state index is 0.00104. The zero-order valence-corrected chi connectivity index (χ0v) is 19.8. The number of hydrogen-bond acceptors (Lipinski definition) is 8. The van der Waals surface area contributed by atoms with Crippen LogP contribution < -0.4 is 16.4 Å². The summed E-state index contributed by atoms with van der Waals surface area (Å²) in [6.45, 7) is 4.48. The average Bonchev–Trinajstić information content (AvgIpc) is 3.41. The van der Waals surface area contributed by atoms with E-state index < -0.39 is 0 Å². The number of nitrogens with two attached hydrogens (primary N) is 1. The maximum atomic E-state index is 12.7. The highest BCUT2D eigenvalue weighted by molar-refractivity contribution is 5.92. The largest absolute Gasteiger partial charge is 0.508 e. The molecule has 11 nitrogen and oxygen atoms in total. The highest BCUT2D eigenvalue weighted by atomic mass is 16.3. The monoisotopic (exact) mass is 483 g/mol. The number of carbonyl (C=O) groups is 1. The van der Waals surface area contributed by atoms with Gasteiger partial charge in [-0.15, -0.1) is 0 Å². The first-order valence-corrected chi connectivity index (χ1v) is 11.4. The van der Waals surface area contributed by atoms with Crippen LogP contribution in [0.25, 0.3) is 22.3 Å². The molecular weight excluding hydrogens is 458 g/mol. The van der Waals surface area contributed by atoms with Crippen molar-refractivity contribution in [3.05, 3.63) is 66.6 Å². The lowest BCUT2D eigenvalue weighted by molar-refractivity contribution is -0.116. The summed E-state index contributed by atoms with van der Waals surface area (Å²) >= 11 is 0. The molecule has 182 valence electrons. The number of aromatic hydroxyl groups is 1. The van der Waals surface area contributed by atoms with Crippen molar-refractivity contribution in [3.8, 4) is 16.9 Å². The molecular formula is C25H25N9O2. The van der Waals surface area contributed by atoms with Gasteiger partial charge in [-0.25, -0.2) is 9.67 Å². The molecule has 0 fully saturated rings. The zero-order valence-electron chi connectivity index (χ0n) is 19.8. The minimum Gasteiger partial charge on any atom is -0.508 e. The predicted molar refractivity (Wildman–Crippen MR) is 138 cm³/mol. The molecule has 0 aliphatic rings. The number of phenols is 1. The van der Waals surface area contributed by atoms with Crippen LogP contribution in [0.15, 0.2) is 60.9 Å². The Bertz CT molecular complexity index is 1550. The highest BCUT2D eigenvalue weighted by Gasteiger charge is 2.16. The van der Waals surface area contributed by atoms with E-state index in [2.05, 4.69) is 30.7 Å². The number of aromatic nitrogens is 6. The number of nitrogens with zero attached hydrogens (tertiary/aromatic N) is 6. The number of nitrogens with one attached hydrogen (secondary N) is 2. The van der Waals surface area contributed by atoms with Gasteiger partial charge in [0.1, 0.15) is 18.1 Å². The van der Waals surface area contributed by atoms with Gasteiger partial charge in [0.15, 0.2) is 17.0 Å². The summed E-state index contributed by atoms with van der Waals surface area (Å²) in [6, 6.07) is 16.5. The second-order valence-electron chi connectivity index (χ2n) is 8.26. The van der Waals surface area contributed by atoms with E-state index in [-0.39, 0.29) is 24.1 Å². The van der Waals surface area contributed by atoms with Crippen LogP contribution in [0.5, 0.6) is 5.75 Å². The van der Waals surface area contributed by atoms with Crippen LogP contribution in [0, 0.1) is 6.92 Å². The van der Waals surface area contributed by atoms with Gasteiger partial charge in [-0.05, 0) is 49.2 Å². The van der Waals surface area contributed by atoms with Gasteiger partial charge in [-0.2, -0.15) is 15.1 Å². The molecule has 11 heteroatoms. The molecule has 0 atom stereocenters. The van der Waals surface area contributed by atoms with Crippen molar-refractivity contribution in [1.82, 2.24) is 29.3 Å². The number of amides is 1. The van der Waals surface area contributed by atoms with E-state index >= 15 is 0 Å². The standard InChI is InChI=1S/C25H25N9O2/c1-3-34-20(11-15(2)32-34)29-21(36)13-33-14-27-22-23(30-25(26)31-24(22)33)28-18-9-7-16(8-10-18)17-5-4-6-19(35)12-17/h4-12,14,35H,3,13H2,1-2H3,(H,29,36)(H3,26,28,30,31). The van der Waals surface area contributed by atoms with Crippen LogP contribution in [0.2, 0.25) is 0 Å². The third kappa shape index (κ3) is 4.67. The zero-order chi connectivity index (χ0) is 25.2. The molecule has 5 rings (SSSR count). The van der Waals surface area contributed by atoms with Gasteiger partial charge < -0.3 is 26.0 Å². The molecule has 0 saturated carbocycles. The normalized spacial score (nSPS) is 11.1. The first-order chi connectivity index (χ1) is 17.4. The molecule has 0 radical (unpaired) electrons. The molecule has 2 aromatic carbocycles. The summed E-state index contributed by atoms with van der Waals surface area (Å²) in [6.07, 6.45) is 1.54. The summed E-state index contributed by atoms with van der Waals surface area (Å²) in [7, 11) is 0. The summed E-state index contributed by atoms with van der Waals surface area (Å²) in [5, 5.41) is 20.2. The lowest BCUT2D eigenvalue weighted by Crippen LogP contribution is -2.20. The van der Waals surface area contributed by atoms with Crippen LogP contribution in [0.3, 0.4) is 0 Å². The fourth-order valence-corrected chi connectivity index (χ4v) is 3.96. The average molecular weight is 484 g/mol. The van der Waals surface area contributed by atoms with E-state index in [0.29, 0.717) is 29.3 Å². The van der Waals surface area contributed by atoms with Crippen LogP contribution >= 0.6 is 0 Å². The molecule has 0 unspecified atom stereocenters. The summed E-state index contributed by atoms with van der Waals surface area (Å²) in [4.78, 5) is 25.8. The Morgan fingerprint density at radius 1 is 1.08 bits per heavy atom. The highest BCUT2D eigenvalue weighted by Crippen LogP contribution is 2.27. The van der Waals surface area contributed by atoms with Crippen molar-refractivity contribution in [3.63, 3.8) is 0 Å². The fraction of sp³-hybridized carbons (Fsp3) is 0.160. The number of nitrogen functional groups attached to an aromatic ring is 1. The number of aryl methyl sites for hydroxylation is 2. The van der Waals surface area contributed by atoms with Gasteiger partial charge >= 0.3 is 0 Å². The van der Waals surface area contributed by atoms with E-state index in [0.717, 1.165) is 22.5 Å². The molecule has 0 bridgehead atoms. The van der Waals surface area contributed by atoms with Crippen LogP contribution in [0.4, 0.5) is 23.3 Å². The topological polar surface area (TPSA) is 149 Å². The number of carbonyl (C=O) groups excluding carboxylic acids is 1. The Hall–Kier alpha value is -4.93. The molecule has 3 heterocycles. The van der Waals surface area contributed by atoms with Crippen molar-refractivity contribution >= 4 is 40.3 Å². The summed E-state index contributed by atoms with van der Waals surface area (Å²) in [5.74, 6) is 1.10. The number of rotatable bonds is 7. The van der Waals surface area contributed by atoms with Crippen molar-refractivity contribution in [2.45, 2.75) is 26.9 Å². The number of hydrogen-bond donors (Lipinski definition) is 4. The summed E-state index contributed by atoms with van der Waals surface area (Å²) in [5.41, 5.74) is 10.4. The number of imidazole rings is 1. The lowest BCUT2D eigenvalue weighted by Gasteiger charge is -2.10. The van der Waals surface area contributed by atoms with Gasteiger partial charge in [-0.3, -0.25) is 4.79 Å². The fourth-order valence-electron chi connectivity index (χ4n) is 3.96. The third-order valence-corrected chi connectivity index (χ3v) is 5.59. The maximum Gasteiger partial charge on any atom is 0.245 e. The predicted octanol–water partition coefficient (Wildman–Crippen LogP) is 3.69. The number of anilines is 4. The number of benzene rings is 2. The molecule has 0 aliphatic carbocycles. The first-order valence-electron chi connectivity index (χ1n) is 11.4. The molecule has 5 N–H and O–H groups in total. The first kappa shape index (κ1) is 22.8. The second kappa shape index (κ2) is 9.37. The quantitative estimate of drug-likeness (QED) is 0.274. The van der Waals surface area contributed by atoms with Crippen LogP contribution in [-0.2, 0) is 17.9 Å². The smallest absolute Gasteiger partial charge is 0.245 e. The van der Waals surface area contributed by atoms with Gasteiger partial charge in [0, 0.05) is 18.3 Å². The Morgan fingerprint density at radius 3 is 2.64 bits per heavy atom. The second-order valence-corrected chi connectivity index (χ2v) is 8.26. The number of fused-ring (bicyclic) bond motifs is 1. The van der Waals surface area contributed by atoms with Gasteiger partial charge in [0.05, 0.1) is 12.0 Å². The maximum absolute atomic E-state index is 12.7. The molecule has 0 aliphatic heterocycles. The van der Waals surface area contributed by atoms with Crippen molar-refractivity contribution in [2.24, 2.45) is 0 Å². The molecule has 5 aromatic rings. The minimum atomic E-state index is -0.238. The van der Waals surface area contributed by atoms with Gasteiger partial charge in [0.25, 0.3) is 0 Å². The number of phenolic OH excluding ortho intramolecular Hbond substituents is 1. The molecule has 3 aromatic heterocycles. The molecule has 1 amide bonds. The van der Waals surface area contributed by atoms with E-state index in [9.17, 15) is 9.90 Å². The van der Waals surface area contributed by atoms with Crippen LogP contribution in [-0.4, -0.2) is 40.3 Å². The van der Waals surface area contributed by atoms with Crippen molar-refractivity contribution in [2.75, 3.05) is 16.4 Å². The Morgan fingerprint density at radius 2 is 1.89 bits per heavy atom. The van der Waals surface area contributed by atoms with Crippen molar-refractivity contribution < 1.29 is 9.90 Å². The molecule has 0 saturated heterocycles. The van der Waals surface area contributed by atoms with E-state index in [1.165, 1.54) is 6.33 Å². The lowest BCUT2D eigenvalue weighted by atomic mass is 10.1. The third-order valence-electron chi connectivity index (χ3n) is 5.59.